The van der Waals surface area contributed by atoms with Gasteiger partial charge >= 0.3 is 0 Å². The molecule has 1 aromatic carbocycles. The molecule has 3 rings (SSSR count). The zero-order valence-electron chi connectivity index (χ0n) is 11.5. The molecule has 1 aliphatic heterocycles. The van der Waals surface area contributed by atoms with Crippen molar-refractivity contribution in [3.05, 3.63) is 53.9 Å². The lowest BCUT2D eigenvalue weighted by Gasteiger charge is -2.26. The van der Waals surface area contributed by atoms with Gasteiger partial charge in [-0.25, -0.2) is 5.01 Å². The number of ether oxygens (including phenoxy) is 1. The first-order valence-electron chi connectivity index (χ1n) is 7.01. The predicted molar refractivity (Wildman–Crippen MR) is 77.0 cm³/mol. The number of rotatable bonds is 5. The van der Waals surface area contributed by atoms with E-state index in [9.17, 15) is 0 Å². The van der Waals surface area contributed by atoms with E-state index >= 15 is 0 Å². The smallest absolute Gasteiger partial charge is 0.0659 e. The van der Waals surface area contributed by atoms with Crippen LogP contribution >= 0.6 is 0 Å². The molecular formula is C15H20N4O. The third kappa shape index (κ3) is 3.66. The number of nitrogens with one attached hydrogen (secondary N) is 1. The van der Waals surface area contributed by atoms with Crippen molar-refractivity contribution in [3.8, 4) is 0 Å². The average Bonchev–Trinajstić information content (AvgIpc) is 2.95. The standard InChI is InChI=1S/C15H20N4O/c1-2-4-14(5-3-1)12-19-13-15(11-17-19)10-16-18-6-8-20-9-7-18/h1-5,11,13,16H,6-10,12H2. The van der Waals surface area contributed by atoms with Crippen LogP contribution in [0.5, 0.6) is 0 Å². The summed E-state index contributed by atoms with van der Waals surface area (Å²) in [6.45, 7) is 5.13. The van der Waals surface area contributed by atoms with E-state index in [4.69, 9.17) is 4.74 Å². The van der Waals surface area contributed by atoms with Crippen LogP contribution in [0.2, 0.25) is 0 Å². The van der Waals surface area contributed by atoms with Crippen molar-refractivity contribution < 1.29 is 4.74 Å². The van der Waals surface area contributed by atoms with Crippen LogP contribution in [0.4, 0.5) is 0 Å². The second-order valence-electron chi connectivity index (χ2n) is 4.97. The molecule has 106 valence electrons. The molecule has 5 heteroatoms. The zero-order chi connectivity index (χ0) is 13.6. The molecular weight excluding hydrogens is 252 g/mol. The molecule has 0 atom stereocenters. The van der Waals surface area contributed by atoms with Crippen molar-refractivity contribution in [2.75, 3.05) is 26.3 Å². The molecule has 20 heavy (non-hydrogen) atoms. The molecule has 0 radical (unpaired) electrons. The van der Waals surface area contributed by atoms with Crippen LogP contribution in [0.3, 0.4) is 0 Å². The quantitative estimate of drug-likeness (QED) is 0.890. The van der Waals surface area contributed by atoms with Gasteiger partial charge in [-0.1, -0.05) is 30.3 Å². The van der Waals surface area contributed by atoms with Crippen LogP contribution in [-0.4, -0.2) is 41.1 Å². The summed E-state index contributed by atoms with van der Waals surface area (Å²) in [6, 6.07) is 10.4. The highest BCUT2D eigenvalue weighted by Gasteiger charge is 2.09. The number of morpholine rings is 1. The van der Waals surface area contributed by atoms with Gasteiger partial charge in [0.15, 0.2) is 0 Å². The minimum absolute atomic E-state index is 0.806. The molecule has 5 nitrogen and oxygen atoms in total. The Balaban J connectivity index is 1.51. The largest absolute Gasteiger partial charge is 0.379 e. The zero-order valence-corrected chi connectivity index (χ0v) is 11.5. The van der Waals surface area contributed by atoms with Gasteiger partial charge in [0.05, 0.1) is 26.0 Å². The Morgan fingerprint density at radius 2 is 1.90 bits per heavy atom. The Bertz CT molecular complexity index is 520. The molecule has 0 bridgehead atoms. The lowest BCUT2D eigenvalue weighted by molar-refractivity contribution is 0.0106. The summed E-state index contributed by atoms with van der Waals surface area (Å²) in [5.41, 5.74) is 5.88. The number of benzene rings is 1. The van der Waals surface area contributed by atoms with Crippen LogP contribution in [0.25, 0.3) is 0 Å². The number of hydrogen-bond donors (Lipinski definition) is 1. The Labute approximate surface area is 119 Å². The van der Waals surface area contributed by atoms with E-state index in [-0.39, 0.29) is 0 Å². The summed E-state index contributed by atoms with van der Waals surface area (Å²) in [4.78, 5) is 0. The Morgan fingerprint density at radius 1 is 1.10 bits per heavy atom. The van der Waals surface area contributed by atoms with Gasteiger partial charge in [0.1, 0.15) is 0 Å². The molecule has 0 aliphatic carbocycles. The second-order valence-corrected chi connectivity index (χ2v) is 4.97. The molecule has 1 fully saturated rings. The maximum absolute atomic E-state index is 5.32. The van der Waals surface area contributed by atoms with Gasteiger partial charge in [0.2, 0.25) is 0 Å². The first kappa shape index (κ1) is 13.3. The van der Waals surface area contributed by atoms with Crippen molar-refractivity contribution in [1.29, 1.82) is 0 Å². The maximum atomic E-state index is 5.32. The fourth-order valence-corrected chi connectivity index (χ4v) is 2.28. The number of nitrogens with zero attached hydrogens (tertiary/aromatic N) is 3. The summed E-state index contributed by atoms with van der Waals surface area (Å²) in [6.07, 6.45) is 4.02. The van der Waals surface area contributed by atoms with Crippen molar-refractivity contribution in [2.45, 2.75) is 13.1 Å². The molecule has 0 unspecified atom stereocenters. The van der Waals surface area contributed by atoms with E-state index < -0.39 is 0 Å². The fraction of sp³-hybridized carbons (Fsp3) is 0.400. The van der Waals surface area contributed by atoms with E-state index in [0.29, 0.717) is 0 Å². The monoisotopic (exact) mass is 272 g/mol. The topological polar surface area (TPSA) is 42.3 Å². The molecule has 1 aromatic heterocycles. The van der Waals surface area contributed by atoms with Crippen LogP contribution in [0, 0.1) is 0 Å². The van der Waals surface area contributed by atoms with E-state index in [1.54, 1.807) is 0 Å². The van der Waals surface area contributed by atoms with Crippen molar-refractivity contribution in [3.63, 3.8) is 0 Å². The summed E-state index contributed by atoms with van der Waals surface area (Å²) in [5, 5.41) is 6.62. The summed E-state index contributed by atoms with van der Waals surface area (Å²) in [7, 11) is 0. The Morgan fingerprint density at radius 3 is 2.70 bits per heavy atom. The van der Waals surface area contributed by atoms with Gasteiger partial charge in [0.25, 0.3) is 0 Å². The van der Waals surface area contributed by atoms with Gasteiger partial charge in [0, 0.05) is 31.4 Å². The Hall–Kier alpha value is -1.69. The molecule has 1 saturated heterocycles. The van der Waals surface area contributed by atoms with Gasteiger partial charge in [-0.2, -0.15) is 5.10 Å². The molecule has 0 spiro atoms. The molecule has 0 amide bonds. The molecule has 2 aromatic rings. The molecule has 1 aliphatic rings. The lowest BCUT2D eigenvalue weighted by Crippen LogP contribution is -2.45. The lowest BCUT2D eigenvalue weighted by atomic mass is 10.2. The highest BCUT2D eigenvalue weighted by Crippen LogP contribution is 2.04. The third-order valence-corrected chi connectivity index (χ3v) is 3.39. The summed E-state index contributed by atoms with van der Waals surface area (Å²) >= 11 is 0. The first-order valence-corrected chi connectivity index (χ1v) is 7.01. The summed E-state index contributed by atoms with van der Waals surface area (Å²) < 4.78 is 7.30. The summed E-state index contributed by atoms with van der Waals surface area (Å²) in [5.74, 6) is 0. The minimum Gasteiger partial charge on any atom is -0.379 e. The third-order valence-electron chi connectivity index (χ3n) is 3.39. The average molecular weight is 272 g/mol. The predicted octanol–water partition coefficient (Wildman–Crippen LogP) is 1.27. The van der Waals surface area contributed by atoms with Gasteiger partial charge in [-0.05, 0) is 5.56 Å². The van der Waals surface area contributed by atoms with Gasteiger partial charge < -0.3 is 4.74 Å². The maximum Gasteiger partial charge on any atom is 0.0659 e. The van der Waals surface area contributed by atoms with E-state index in [0.717, 1.165) is 39.4 Å². The first-order chi connectivity index (χ1) is 9.90. The van der Waals surface area contributed by atoms with Crippen molar-refractivity contribution in [2.24, 2.45) is 0 Å². The SMILES string of the molecule is c1ccc(Cn2cc(CNN3CCOCC3)cn2)cc1. The van der Waals surface area contributed by atoms with E-state index in [1.165, 1.54) is 11.1 Å². The highest BCUT2D eigenvalue weighted by molar-refractivity contribution is 5.15. The van der Waals surface area contributed by atoms with Gasteiger partial charge in [-0.3, -0.25) is 10.1 Å². The van der Waals surface area contributed by atoms with Crippen molar-refractivity contribution >= 4 is 0 Å². The van der Waals surface area contributed by atoms with Crippen LogP contribution in [0.15, 0.2) is 42.7 Å². The van der Waals surface area contributed by atoms with Crippen LogP contribution < -0.4 is 5.43 Å². The number of hydrazine groups is 1. The van der Waals surface area contributed by atoms with Crippen LogP contribution in [0.1, 0.15) is 11.1 Å². The van der Waals surface area contributed by atoms with E-state index in [1.807, 2.05) is 16.9 Å². The van der Waals surface area contributed by atoms with Crippen LogP contribution in [-0.2, 0) is 17.8 Å². The number of aromatic nitrogens is 2. The Kier molecular flexibility index (Phi) is 4.42. The minimum atomic E-state index is 0.806. The van der Waals surface area contributed by atoms with E-state index in [2.05, 4.69) is 46.0 Å². The second kappa shape index (κ2) is 6.65. The van der Waals surface area contributed by atoms with Gasteiger partial charge in [-0.15, -0.1) is 0 Å². The van der Waals surface area contributed by atoms with Crippen molar-refractivity contribution in [1.82, 2.24) is 20.2 Å². The molecule has 1 N–H and O–H groups in total. The number of hydrogen-bond acceptors (Lipinski definition) is 4. The normalized spacial score (nSPS) is 16.4. The highest BCUT2D eigenvalue weighted by atomic mass is 16.5. The molecule has 2 heterocycles. The molecule has 0 saturated carbocycles. The fourth-order valence-electron chi connectivity index (χ4n) is 2.28.